The third-order valence-corrected chi connectivity index (χ3v) is 11.8. The fourth-order valence-corrected chi connectivity index (χ4v) is 9.54. The zero-order valence-electron chi connectivity index (χ0n) is 24.5. The van der Waals surface area contributed by atoms with Crippen LogP contribution in [0.1, 0.15) is 78.6 Å². The van der Waals surface area contributed by atoms with Crippen molar-refractivity contribution in [3.8, 4) is 0 Å². The molecule has 6 rings (SSSR count). The van der Waals surface area contributed by atoms with Crippen molar-refractivity contribution in [1.29, 1.82) is 0 Å². The molecule has 1 spiro atoms. The summed E-state index contributed by atoms with van der Waals surface area (Å²) in [6, 6.07) is 0. The summed E-state index contributed by atoms with van der Waals surface area (Å²) in [5.74, 6) is -5.03. The fraction of sp³-hybridized carbons (Fsp3) is 0.806. The summed E-state index contributed by atoms with van der Waals surface area (Å²) in [6.07, 6.45) is 2.12. The van der Waals surface area contributed by atoms with Gasteiger partial charge in [-0.15, -0.1) is 0 Å². The van der Waals surface area contributed by atoms with Crippen molar-refractivity contribution >= 4 is 11.6 Å². The Bertz CT molecular complexity index is 1180. The van der Waals surface area contributed by atoms with Gasteiger partial charge in [0.25, 0.3) is 5.79 Å². The van der Waals surface area contributed by atoms with Crippen LogP contribution >= 0.6 is 0 Å². The van der Waals surface area contributed by atoms with E-state index in [2.05, 4.69) is 6.92 Å². The highest BCUT2D eigenvalue weighted by Gasteiger charge is 2.72. The van der Waals surface area contributed by atoms with Gasteiger partial charge in [-0.1, -0.05) is 25.8 Å². The number of carbonyl (C=O) groups is 2. The topological polar surface area (TPSA) is 172 Å². The van der Waals surface area contributed by atoms with Crippen LogP contribution in [-0.2, 0) is 28.8 Å². The van der Waals surface area contributed by atoms with Crippen LogP contribution < -0.4 is 0 Å². The lowest BCUT2D eigenvalue weighted by Gasteiger charge is -2.57. The van der Waals surface area contributed by atoms with Gasteiger partial charge in [0.1, 0.15) is 29.9 Å². The van der Waals surface area contributed by atoms with Crippen LogP contribution in [0.4, 0.5) is 0 Å². The van der Waals surface area contributed by atoms with Crippen molar-refractivity contribution in [2.45, 2.75) is 115 Å². The number of ether oxygens (including phenoxy) is 2. The number of rotatable bonds is 6. The van der Waals surface area contributed by atoms with Crippen molar-refractivity contribution in [1.82, 2.24) is 0 Å². The zero-order chi connectivity index (χ0) is 30.2. The van der Waals surface area contributed by atoms with Crippen LogP contribution in [0, 0.1) is 34.5 Å². The van der Waals surface area contributed by atoms with Crippen LogP contribution in [0.25, 0.3) is 0 Å². The monoisotopic (exact) mass is 592 g/mol. The molecule has 0 aromatic heterocycles. The first-order chi connectivity index (χ1) is 19.8. The summed E-state index contributed by atoms with van der Waals surface area (Å²) >= 11 is 0. The van der Waals surface area contributed by atoms with E-state index in [4.69, 9.17) is 19.2 Å². The molecule has 6 aliphatic rings. The lowest BCUT2D eigenvalue weighted by Crippen LogP contribution is -2.74. The zero-order valence-corrected chi connectivity index (χ0v) is 24.5. The minimum atomic E-state index is -2.53. The summed E-state index contributed by atoms with van der Waals surface area (Å²) < 4.78 is 11.6. The molecule has 4 aliphatic carbocycles. The Morgan fingerprint density at radius 1 is 1.07 bits per heavy atom. The summed E-state index contributed by atoms with van der Waals surface area (Å²) in [6.45, 7) is 5.35. The Hall–Kier alpha value is -1.70. The lowest BCUT2D eigenvalue weighted by molar-refractivity contribution is -0.478. The van der Waals surface area contributed by atoms with Gasteiger partial charge in [-0.2, -0.15) is 4.89 Å². The third-order valence-electron chi connectivity index (χ3n) is 11.8. The highest BCUT2D eigenvalue weighted by molar-refractivity contribution is 6.01. The largest absolute Gasteiger partial charge is 0.511 e. The minimum Gasteiger partial charge on any atom is -0.511 e. The van der Waals surface area contributed by atoms with E-state index in [-0.39, 0.29) is 40.5 Å². The second-order valence-electron chi connectivity index (χ2n) is 13.8. The number of Topliss-reactive ketones (excluding diaryl/α,β-unsaturated/α-hetero) is 1. The standard InChI is InChI=1S/C31H44O11/c1-4-5-25-40-31(42-41-25)27(37)26(36)23(15-32)39-30(31,38)14-22(34)21-9-8-19-18-7-6-16-12-17(33)13-24(35)29(16,3)20(18)10-11-28(19,21)2/h12-13,18-21,23,25-27,32,35-38H,4-11,14-15H2,1-3H3/t18?,19?,20?,21-,23-,25?,26-,27+,28+,29+,30-,31-/m1/s1. The maximum Gasteiger partial charge on any atom is 0.287 e. The van der Waals surface area contributed by atoms with Crippen LogP contribution in [0.2, 0.25) is 0 Å². The van der Waals surface area contributed by atoms with Gasteiger partial charge in [-0.05, 0) is 74.7 Å². The summed E-state index contributed by atoms with van der Waals surface area (Å²) in [5, 5.41) is 54.3. The maximum absolute atomic E-state index is 14.2. The van der Waals surface area contributed by atoms with Crippen molar-refractivity contribution in [3.05, 3.63) is 23.5 Å². The molecular formula is C31H44O11. The van der Waals surface area contributed by atoms with Crippen molar-refractivity contribution in [2.75, 3.05) is 6.61 Å². The third kappa shape index (κ3) is 4.15. The lowest BCUT2D eigenvalue weighted by atomic mass is 9.47. The average Bonchev–Trinajstić information content (AvgIpc) is 3.53. The first-order valence-corrected chi connectivity index (χ1v) is 15.4. The molecule has 2 aliphatic heterocycles. The van der Waals surface area contributed by atoms with E-state index in [1.165, 1.54) is 6.08 Å². The molecule has 0 aromatic carbocycles. The van der Waals surface area contributed by atoms with E-state index in [0.29, 0.717) is 19.3 Å². The van der Waals surface area contributed by atoms with E-state index in [0.717, 1.165) is 37.7 Å². The second kappa shape index (κ2) is 10.4. The molecule has 11 heteroatoms. The molecule has 5 N–H and O–H groups in total. The molecule has 11 nitrogen and oxygen atoms in total. The Morgan fingerprint density at radius 3 is 2.55 bits per heavy atom. The molecule has 2 heterocycles. The van der Waals surface area contributed by atoms with Gasteiger partial charge < -0.3 is 35.0 Å². The number of carbonyl (C=O) groups excluding carboxylic acids is 2. The maximum atomic E-state index is 14.2. The first-order valence-electron chi connectivity index (χ1n) is 15.4. The van der Waals surface area contributed by atoms with Crippen LogP contribution in [-0.4, -0.2) is 79.9 Å². The van der Waals surface area contributed by atoms with Crippen LogP contribution in [0.15, 0.2) is 23.5 Å². The molecule has 234 valence electrons. The number of allylic oxidation sites excluding steroid dienone is 3. The highest BCUT2D eigenvalue weighted by Crippen LogP contribution is 2.67. The molecule has 5 fully saturated rings. The Labute approximate surface area is 245 Å². The number of ketones is 2. The van der Waals surface area contributed by atoms with Crippen molar-refractivity contribution in [3.63, 3.8) is 0 Å². The van der Waals surface area contributed by atoms with Gasteiger partial charge in [-0.25, -0.2) is 4.89 Å². The molecule has 0 bridgehead atoms. The highest BCUT2D eigenvalue weighted by atomic mass is 17.3. The molecular weight excluding hydrogens is 548 g/mol. The summed E-state index contributed by atoms with van der Waals surface area (Å²) in [7, 11) is 0. The van der Waals surface area contributed by atoms with Crippen molar-refractivity contribution in [2.24, 2.45) is 34.5 Å². The molecule has 2 saturated heterocycles. The molecule has 4 unspecified atom stereocenters. The van der Waals surface area contributed by atoms with Gasteiger partial charge >= 0.3 is 0 Å². The molecule has 0 radical (unpaired) electrons. The van der Waals surface area contributed by atoms with Crippen LogP contribution in [0.3, 0.4) is 0 Å². The average molecular weight is 593 g/mol. The van der Waals surface area contributed by atoms with E-state index < -0.39 is 60.5 Å². The fourth-order valence-electron chi connectivity index (χ4n) is 9.54. The van der Waals surface area contributed by atoms with Gasteiger partial charge in [0, 0.05) is 23.8 Å². The number of aliphatic hydroxyl groups is 5. The summed E-state index contributed by atoms with van der Waals surface area (Å²) in [5.41, 5.74) is 0.0369. The molecule has 0 amide bonds. The molecule has 0 aromatic rings. The normalized spacial score (nSPS) is 50.1. The van der Waals surface area contributed by atoms with Gasteiger partial charge in [0.2, 0.25) is 5.79 Å². The molecule has 12 atom stereocenters. The quantitative estimate of drug-likeness (QED) is 0.287. The Morgan fingerprint density at radius 2 is 1.83 bits per heavy atom. The van der Waals surface area contributed by atoms with Gasteiger partial charge in [0.15, 0.2) is 12.1 Å². The smallest absolute Gasteiger partial charge is 0.287 e. The van der Waals surface area contributed by atoms with E-state index in [1.54, 1.807) is 6.08 Å². The number of hydrogen-bond donors (Lipinski definition) is 5. The van der Waals surface area contributed by atoms with E-state index in [9.17, 15) is 35.1 Å². The second-order valence-corrected chi connectivity index (χ2v) is 13.8. The number of hydrogen-bond acceptors (Lipinski definition) is 11. The predicted molar refractivity (Wildman–Crippen MR) is 145 cm³/mol. The molecule has 3 saturated carbocycles. The SMILES string of the molecule is CCCC1OO[C@]2(O1)[C@@H](O)[C@H](O)[C@@H](CO)O[C@]2(O)CC(=O)[C@H]1CCC2C3CCC4=CC(=O)C=C(O)[C@]4(C)C3CC[C@@]21C. The predicted octanol–water partition coefficient (Wildman–Crippen LogP) is 2.36. The van der Waals surface area contributed by atoms with Crippen molar-refractivity contribution < 1.29 is 54.4 Å². The molecule has 42 heavy (non-hydrogen) atoms. The Kier molecular flexibility index (Phi) is 7.54. The Balaban J connectivity index is 1.25. The van der Waals surface area contributed by atoms with E-state index >= 15 is 0 Å². The number of fused-ring (bicyclic) bond motifs is 5. The van der Waals surface area contributed by atoms with Crippen LogP contribution in [0.5, 0.6) is 0 Å². The minimum absolute atomic E-state index is 0.134. The van der Waals surface area contributed by atoms with Gasteiger partial charge in [-0.3, -0.25) is 9.59 Å². The number of aliphatic hydroxyl groups excluding tert-OH is 4. The van der Waals surface area contributed by atoms with E-state index in [1.807, 2.05) is 13.8 Å². The first kappa shape index (κ1) is 30.3. The van der Waals surface area contributed by atoms with Gasteiger partial charge in [0.05, 0.1) is 13.0 Å². The summed E-state index contributed by atoms with van der Waals surface area (Å²) in [4.78, 5) is 36.9.